The molecule has 0 amide bonds. The molecule has 0 fully saturated rings. The highest BCUT2D eigenvalue weighted by Gasteiger charge is 2.16. The number of carboxylic acids is 1. The monoisotopic (exact) mass is 404 g/mol. The van der Waals surface area contributed by atoms with Crippen molar-refractivity contribution in [3.8, 4) is 11.5 Å². The maximum Gasteiger partial charge on any atom is 0.303 e. The molecule has 2 rings (SSSR count). The highest BCUT2D eigenvalue weighted by molar-refractivity contribution is 5.97. The first-order chi connectivity index (χ1) is 13.9. The van der Waals surface area contributed by atoms with E-state index in [9.17, 15) is 14.7 Å². The van der Waals surface area contributed by atoms with E-state index in [4.69, 9.17) is 9.84 Å². The van der Waals surface area contributed by atoms with Gasteiger partial charge in [0.05, 0.1) is 18.7 Å². The third-order valence-corrected chi connectivity index (χ3v) is 4.41. The smallest absolute Gasteiger partial charge is 0.303 e. The predicted octanol–water partition coefficient (Wildman–Crippen LogP) is 2.80. The number of tetrazole rings is 1. The van der Waals surface area contributed by atoms with Crippen molar-refractivity contribution in [2.45, 2.75) is 65.3 Å². The molecule has 158 valence electrons. The predicted molar refractivity (Wildman–Crippen MR) is 105 cm³/mol. The number of unbranched alkanes of at least 4 members (excludes halogenated alkanes) is 1. The van der Waals surface area contributed by atoms with Crippen LogP contribution in [-0.2, 0) is 24.2 Å². The zero-order valence-corrected chi connectivity index (χ0v) is 16.9. The molecule has 2 aromatic rings. The molecule has 0 saturated carbocycles. The van der Waals surface area contributed by atoms with E-state index in [1.165, 1.54) is 11.7 Å². The Morgan fingerprint density at radius 3 is 2.66 bits per heavy atom. The van der Waals surface area contributed by atoms with E-state index < -0.39 is 5.97 Å². The van der Waals surface area contributed by atoms with E-state index in [2.05, 4.69) is 15.4 Å². The van der Waals surface area contributed by atoms with E-state index in [1.807, 2.05) is 6.92 Å². The second-order valence-corrected chi connectivity index (χ2v) is 6.85. The average Bonchev–Trinajstić information content (AvgIpc) is 3.12. The number of phenols is 1. The quantitative estimate of drug-likeness (QED) is 0.385. The zero-order chi connectivity index (χ0) is 21.2. The van der Waals surface area contributed by atoms with E-state index in [0.29, 0.717) is 68.0 Å². The largest absolute Gasteiger partial charge is 0.507 e. The number of ketones is 1. The highest BCUT2D eigenvalue weighted by atomic mass is 16.5. The number of carbonyl (C=O) groups excluding carboxylic acids is 1. The van der Waals surface area contributed by atoms with Gasteiger partial charge in [0.1, 0.15) is 11.5 Å². The summed E-state index contributed by atoms with van der Waals surface area (Å²) in [6.45, 7) is 4.39. The van der Waals surface area contributed by atoms with Crippen molar-refractivity contribution in [3.63, 3.8) is 0 Å². The summed E-state index contributed by atoms with van der Waals surface area (Å²) in [7, 11) is 0. The summed E-state index contributed by atoms with van der Waals surface area (Å²) in [6.07, 6.45) is 4.12. The van der Waals surface area contributed by atoms with Crippen LogP contribution in [0.25, 0.3) is 0 Å². The van der Waals surface area contributed by atoms with E-state index in [-0.39, 0.29) is 18.0 Å². The molecule has 0 bridgehead atoms. The number of nitrogens with zero attached hydrogens (tertiary/aromatic N) is 4. The number of phenolic OH excluding ortho intramolecular Hbond substituents is 1. The highest BCUT2D eigenvalue weighted by Crippen LogP contribution is 2.33. The summed E-state index contributed by atoms with van der Waals surface area (Å²) in [6, 6.07) is 3.32. The Morgan fingerprint density at radius 2 is 1.97 bits per heavy atom. The van der Waals surface area contributed by atoms with Crippen LogP contribution in [0.15, 0.2) is 12.1 Å². The van der Waals surface area contributed by atoms with Gasteiger partial charge < -0.3 is 14.9 Å². The molecule has 2 N–H and O–H groups in total. The Labute approximate surface area is 169 Å². The zero-order valence-electron chi connectivity index (χ0n) is 16.9. The second-order valence-electron chi connectivity index (χ2n) is 6.85. The fourth-order valence-electron chi connectivity index (χ4n) is 2.94. The molecule has 0 spiro atoms. The van der Waals surface area contributed by atoms with Gasteiger partial charge in [-0.05, 0) is 50.0 Å². The van der Waals surface area contributed by atoms with Gasteiger partial charge in [-0.15, -0.1) is 10.2 Å². The molecule has 9 heteroatoms. The molecule has 0 aliphatic rings. The summed E-state index contributed by atoms with van der Waals surface area (Å²) < 4.78 is 5.83. The molecule has 0 aliphatic carbocycles. The summed E-state index contributed by atoms with van der Waals surface area (Å²) in [5, 5.41) is 31.2. The number of aromatic hydroxyl groups is 1. The van der Waals surface area contributed by atoms with Gasteiger partial charge in [-0.25, -0.2) is 0 Å². The first-order valence-corrected chi connectivity index (χ1v) is 9.89. The van der Waals surface area contributed by atoms with Crippen LogP contribution in [0.2, 0.25) is 0 Å². The van der Waals surface area contributed by atoms with Gasteiger partial charge >= 0.3 is 5.97 Å². The SMILES string of the molecule is CCCc1c(OCCCc2nnn(CCCCC(=O)O)n2)ccc(C(C)=O)c1O. The number of aryl methyl sites for hydroxylation is 2. The van der Waals surface area contributed by atoms with Crippen molar-refractivity contribution >= 4 is 11.8 Å². The van der Waals surface area contributed by atoms with Crippen molar-refractivity contribution in [1.29, 1.82) is 0 Å². The molecule has 0 unspecified atom stereocenters. The van der Waals surface area contributed by atoms with Crippen LogP contribution in [0.5, 0.6) is 11.5 Å². The van der Waals surface area contributed by atoms with Gasteiger partial charge in [-0.3, -0.25) is 9.59 Å². The molecule has 0 aliphatic heterocycles. The summed E-state index contributed by atoms with van der Waals surface area (Å²) in [5.74, 6) is 0.219. The van der Waals surface area contributed by atoms with Crippen molar-refractivity contribution < 1.29 is 24.5 Å². The molecule has 9 nitrogen and oxygen atoms in total. The van der Waals surface area contributed by atoms with E-state index in [0.717, 1.165) is 6.42 Å². The minimum atomic E-state index is -0.802. The Bertz CT molecular complexity index is 834. The van der Waals surface area contributed by atoms with Crippen LogP contribution in [0, 0.1) is 0 Å². The van der Waals surface area contributed by atoms with Crippen molar-refractivity contribution in [2.24, 2.45) is 0 Å². The number of rotatable bonds is 13. The van der Waals surface area contributed by atoms with Gasteiger partial charge in [0, 0.05) is 18.4 Å². The number of Topliss-reactive ketones (excluding diaryl/α,β-unsaturated/α-hetero) is 1. The Morgan fingerprint density at radius 1 is 1.17 bits per heavy atom. The van der Waals surface area contributed by atoms with Crippen LogP contribution in [0.3, 0.4) is 0 Å². The van der Waals surface area contributed by atoms with Gasteiger partial charge in [0.15, 0.2) is 11.6 Å². The van der Waals surface area contributed by atoms with E-state index in [1.54, 1.807) is 12.1 Å². The number of ether oxygens (including phenoxy) is 1. The number of carboxylic acid groups (broad SMARTS) is 1. The summed E-state index contributed by atoms with van der Waals surface area (Å²) in [4.78, 5) is 23.6. The first-order valence-electron chi connectivity index (χ1n) is 9.89. The van der Waals surface area contributed by atoms with Crippen molar-refractivity contribution in [1.82, 2.24) is 20.2 Å². The third kappa shape index (κ3) is 6.85. The van der Waals surface area contributed by atoms with Gasteiger partial charge in [-0.1, -0.05) is 13.3 Å². The Kier molecular flexibility index (Phi) is 8.57. The number of hydrogen-bond donors (Lipinski definition) is 2. The molecule has 29 heavy (non-hydrogen) atoms. The lowest BCUT2D eigenvalue weighted by atomic mass is 10.0. The topological polar surface area (TPSA) is 127 Å². The van der Waals surface area contributed by atoms with Crippen LogP contribution in [0.4, 0.5) is 0 Å². The van der Waals surface area contributed by atoms with Gasteiger partial charge in [0.25, 0.3) is 0 Å². The van der Waals surface area contributed by atoms with Crippen LogP contribution < -0.4 is 4.74 Å². The summed E-state index contributed by atoms with van der Waals surface area (Å²) >= 11 is 0. The molecule has 1 aromatic carbocycles. The first kappa shape index (κ1) is 22.3. The van der Waals surface area contributed by atoms with Crippen LogP contribution in [-0.4, -0.2) is 48.8 Å². The normalized spacial score (nSPS) is 10.8. The molecule has 1 heterocycles. The number of hydrogen-bond acceptors (Lipinski definition) is 7. The van der Waals surface area contributed by atoms with Crippen LogP contribution in [0.1, 0.15) is 67.7 Å². The van der Waals surface area contributed by atoms with Crippen molar-refractivity contribution in [3.05, 3.63) is 29.1 Å². The molecular formula is C20H28N4O5. The number of carbonyl (C=O) groups is 2. The lowest BCUT2D eigenvalue weighted by molar-refractivity contribution is -0.137. The van der Waals surface area contributed by atoms with Gasteiger partial charge in [0.2, 0.25) is 0 Å². The molecule has 0 saturated heterocycles. The lowest BCUT2D eigenvalue weighted by Gasteiger charge is -2.14. The van der Waals surface area contributed by atoms with Crippen molar-refractivity contribution in [2.75, 3.05) is 6.61 Å². The second kappa shape index (κ2) is 11.1. The number of aliphatic carboxylic acids is 1. The minimum Gasteiger partial charge on any atom is -0.507 e. The fraction of sp³-hybridized carbons (Fsp3) is 0.550. The summed E-state index contributed by atoms with van der Waals surface area (Å²) in [5.41, 5.74) is 0.968. The maximum atomic E-state index is 11.6. The molecule has 0 radical (unpaired) electrons. The lowest BCUT2D eigenvalue weighted by Crippen LogP contribution is -2.06. The standard InChI is InChI=1S/C20H28N4O5/c1-3-7-16-17(11-10-15(14(2)25)20(16)28)29-13-6-8-18-21-23-24(22-18)12-5-4-9-19(26)27/h10-11,28H,3-9,12-13H2,1-2H3,(H,26,27). The molecule has 1 aromatic heterocycles. The molecular weight excluding hydrogens is 376 g/mol. The number of aromatic nitrogens is 4. The third-order valence-electron chi connectivity index (χ3n) is 4.41. The van der Waals surface area contributed by atoms with Gasteiger partial charge in [-0.2, -0.15) is 4.80 Å². The fourth-order valence-corrected chi connectivity index (χ4v) is 2.94. The van der Waals surface area contributed by atoms with E-state index >= 15 is 0 Å². The maximum absolute atomic E-state index is 11.6. The van der Waals surface area contributed by atoms with Crippen LogP contribution >= 0.6 is 0 Å². The number of benzene rings is 1. The average molecular weight is 404 g/mol. The molecule has 0 atom stereocenters. The minimum absolute atomic E-state index is 0.00403. The Balaban J connectivity index is 1.82. The Hall–Kier alpha value is -2.97.